The number of nitrogens with one attached hydrogen (secondary N) is 1. The molecule has 0 saturated carbocycles. The smallest absolute Gasteiger partial charge is 0.326 e. The lowest BCUT2D eigenvalue weighted by Crippen LogP contribution is -2.40. The predicted octanol–water partition coefficient (Wildman–Crippen LogP) is 6.67. The van der Waals surface area contributed by atoms with Crippen molar-refractivity contribution in [1.82, 2.24) is 14.9 Å². The molecule has 1 unspecified atom stereocenters. The Morgan fingerprint density at radius 3 is 2.57 bits per heavy atom. The number of benzene rings is 1. The van der Waals surface area contributed by atoms with Crippen molar-refractivity contribution in [2.45, 2.75) is 91.1 Å². The Balaban J connectivity index is 1.74. The van der Waals surface area contributed by atoms with Gasteiger partial charge in [0.2, 0.25) is 0 Å². The van der Waals surface area contributed by atoms with Crippen LogP contribution in [-0.2, 0) is 17.8 Å². The van der Waals surface area contributed by atoms with Gasteiger partial charge in [-0.1, -0.05) is 71.8 Å². The summed E-state index contributed by atoms with van der Waals surface area (Å²) in [4.78, 5) is 30.8. The number of rotatable bonds is 15. The summed E-state index contributed by atoms with van der Waals surface area (Å²) in [5, 5.41) is 14.4. The molecule has 0 aliphatic rings. The second-order valence-electron chi connectivity index (χ2n) is 9.53. The summed E-state index contributed by atoms with van der Waals surface area (Å²) in [6.07, 6.45) is 8.75. The number of aliphatic carboxylic acids is 1. The number of hydrogen-bond acceptors (Lipinski definition) is 4. The Morgan fingerprint density at radius 1 is 1.11 bits per heavy atom. The monoisotopic (exact) mass is 497 g/mol. The number of aromatic nitrogens is 2. The summed E-state index contributed by atoms with van der Waals surface area (Å²) in [7, 11) is 0. The lowest BCUT2D eigenvalue weighted by atomic mass is 10.0. The van der Waals surface area contributed by atoms with Crippen LogP contribution in [0.15, 0.2) is 35.7 Å². The summed E-state index contributed by atoms with van der Waals surface area (Å²) >= 11 is 1.72. The Kier molecular flexibility index (Phi) is 10.3. The van der Waals surface area contributed by atoms with Crippen molar-refractivity contribution in [2.24, 2.45) is 5.92 Å². The molecule has 6 nitrogen and oxygen atoms in total. The second kappa shape index (κ2) is 13.4. The first-order valence-electron chi connectivity index (χ1n) is 13.0. The number of thiophene rings is 1. The van der Waals surface area contributed by atoms with Crippen molar-refractivity contribution in [3.63, 3.8) is 0 Å². The topological polar surface area (TPSA) is 84.2 Å². The van der Waals surface area contributed by atoms with Crippen molar-refractivity contribution in [2.75, 3.05) is 0 Å². The van der Waals surface area contributed by atoms with Gasteiger partial charge >= 0.3 is 5.97 Å². The van der Waals surface area contributed by atoms with E-state index < -0.39 is 12.0 Å². The first kappa shape index (κ1) is 26.9. The molecule has 3 aromatic rings. The molecule has 2 atom stereocenters. The number of carboxylic acid groups (broad SMARTS) is 1. The van der Waals surface area contributed by atoms with E-state index in [-0.39, 0.29) is 5.91 Å². The number of carbonyl (C=O) groups excluding carboxylic acids is 1. The number of fused-ring (bicyclic) bond motifs is 1. The van der Waals surface area contributed by atoms with E-state index in [2.05, 4.69) is 42.1 Å². The van der Waals surface area contributed by atoms with Crippen molar-refractivity contribution < 1.29 is 14.7 Å². The van der Waals surface area contributed by atoms with Gasteiger partial charge in [-0.15, -0.1) is 11.3 Å². The lowest BCUT2D eigenvalue weighted by molar-refractivity contribution is -0.139. The van der Waals surface area contributed by atoms with Gasteiger partial charge in [0, 0.05) is 23.4 Å². The van der Waals surface area contributed by atoms with Crippen LogP contribution in [0.3, 0.4) is 0 Å². The van der Waals surface area contributed by atoms with E-state index in [0.717, 1.165) is 55.5 Å². The molecule has 0 spiro atoms. The minimum atomic E-state index is -0.982. The fourth-order valence-corrected chi connectivity index (χ4v) is 5.00. The Morgan fingerprint density at radius 2 is 1.89 bits per heavy atom. The third kappa shape index (κ3) is 7.66. The molecular weight excluding hydrogens is 458 g/mol. The van der Waals surface area contributed by atoms with E-state index >= 15 is 0 Å². The maximum absolute atomic E-state index is 12.9. The van der Waals surface area contributed by atoms with Gasteiger partial charge in [0.15, 0.2) is 0 Å². The quantitative estimate of drug-likeness (QED) is 0.230. The highest BCUT2D eigenvalue weighted by atomic mass is 32.1. The zero-order chi connectivity index (χ0) is 25.2. The molecule has 0 bridgehead atoms. The van der Waals surface area contributed by atoms with Gasteiger partial charge in [0.05, 0.1) is 11.0 Å². The third-order valence-corrected chi connectivity index (χ3v) is 7.52. The van der Waals surface area contributed by atoms with Gasteiger partial charge in [-0.3, -0.25) is 4.79 Å². The molecule has 0 aliphatic carbocycles. The maximum atomic E-state index is 12.9. The van der Waals surface area contributed by atoms with Crippen LogP contribution in [0.2, 0.25) is 0 Å². The second-order valence-corrected chi connectivity index (χ2v) is 10.6. The average molecular weight is 498 g/mol. The number of carbonyl (C=O) groups is 2. The van der Waals surface area contributed by atoms with Gasteiger partial charge in [0.1, 0.15) is 11.9 Å². The fraction of sp³-hybridized carbons (Fsp3) is 0.536. The Bertz CT molecular complexity index is 1090. The summed E-state index contributed by atoms with van der Waals surface area (Å²) < 4.78 is 2.27. The largest absolute Gasteiger partial charge is 0.480 e. The highest BCUT2D eigenvalue weighted by Gasteiger charge is 2.21. The highest BCUT2D eigenvalue weighted by molar-refractivity contribution is 7.09. The molecule has 2 heterocycles. The van der Waals surface area contributed by atoms with Crippen LogP contribution < -0.4 is 5.32 Å². The van der Waals surface area contributed by atoms with Crippen LogP contribution >= 0.6 is 11.3 Å². The molecule has 1 aromatic carbocycles. The summed E-state index contributed by atoms with van der Waals surface area (Å²) in [6.45, 7) is 7.47. The fourth-order valence-electron chi connectivity index (χ4n) is 4.30. The van der Waals surface area contributed by atoms with Crippen LogP contribution in [0.1, 0.15) is 93.2 Å². The van der Waals surface area contributed by atoms with E-state index in [1.807, 2.05) is 12.1 Å². The summed E-state index contributed by atoms with van der Waals surface area (Å²) in [6, 6.07) is 8.81. The molecular formula is C28H39N3O3S. The van der Waals surface area contributed by atoms with E-state index in [0.29, 0.717) is 17.9 Å². The van der Waals surface area contributed by atoms with Crippen molar-refractivity contribution >= 4 is 34.2 Å². The summed E-state index contributed by atoms with van der Waals surface area (Å²) in [5.74, 6) is 0.160. The van der Waals surface area contributed by atoms with Crippen LogP contribution in [-0.4, -0.2) is 32.6 Å². The van der Waals surface area contributed by atoms with Crippen molar-refractivity contribution in [1.29, 1.82) is 0 Å². The molecule has 0 aliphatic heterocycles. The van der Waals surface area contributed by atoms with Gasteiger partial charge < -0.3 is 15.0 Å². The number of nitrogens with zero attached hydrogens (tertiary/aromatic N) is 2. The van der Waals surface area contributed by atoms with Crippen LogP contribution in [0.5, 0.6) is 0 Å². The van der Waals surface area contributed by atoms with Gasteiger partial charge in [-0.05, 0) is 42.0 Å². The van der Waals surface area contributed by atoms with E-state index in [4.69, 9.17) is 4.98 Å². The number of amides is 1. The molecule has 1 amide bonds. The molecule has 0 saturated heterocycles. The number of imidazole rings is 1. The van der Waals surface area contributed by atoms with E-state index in [1.54, 1.807) is 23.5 Å². The van der Waals surface area contributed by atoms with Crippen LogP contribution in [0.25, 0.3) is 11.0 Å². The van der Waals surface area contributed by atoms with Crippen molar-refractivity contribution in [3.05, 3.63) is 52.0 Å². The number of hydrogen-bond donors (Lipinski definition) is 2. The standard InChI is InChI=1S/C28H39N3O3S/c1-4-6-7-8-9-10-13-23(28(33)34)30-27(32)21-14-15-25-24(17-21)29-26(18-22-12-11-16-35-22)31(25)19-20(3)5-2/h11-12,14-17,20,23H,4-10,13,18-19H2,1-3H3,(H,30,32)(H,33,34)/t20?,23-/m0/s1. The average Bonchev–Trinajstić information content (AvgIpc) is 3.48. The minimum absolute atomic E-state index is 0.360. The maximum Gasteiger partial charge on any atom is 0.326 e. The van der Waals surface area contributed by atoms with Gasteiger partial charge in [-0.2, -0.15) is 0 Å². The SMILES string of the molecule is CCCCCCCC[C@H](NC(=O)c1ccc2c(c1)nc(Cc1cccs1)n2CC(C)CC)C(=O)O. The van der Waals surface area contributed by atoms with Crippen LogP contribution in [0, 0.1) is 5.92 Å². The van der Waals surface area contributed by atoms with Crippen molar-refractivity contribution in [3.8, 4) is 0 Å². The molecule has 190 valence electrons. The zero-order valence-corrected chi connectivity index (χ0v) is 22.1. The molecule has 3 rings (SSSR count). The first-order valence-corrected chi connectivity index (χ1v) is 13.9. The molecule has 2 N–H and O–H groups in total. The van der Waals surface area contributed by atoms with E-state index in [9.17, 15) is 14.7 Å². The predicted molar refractivity (Wildman–Crippen MR) is 143 cm³/mol. The van der Waals surface area contributed by atoms with Gasteiger partial charge in [0.25, 0.3) is 5.91 Å². The van der Waals surface area contributed by atoms with E-state index in [1.165, 1.54) is 24.1 Å². The molecule has 0 radical (unpaired) electrons. The lowest BCUT2D eigenvalue weighted by Gasteiger charge is -2.15. The van der Waals surface area contributed by atoms with Gasteiger partial charge in [-0.25, -0.2) is 9.78 Å². The molecule has 2 aromatic heterocycles. The third-order valence-electron chi connectivity index (χ3n) is 6.64. The summed E-state index contributed by atoms with van der Waals surface area (Å²) in [5.41, 5.74) is 2.23. The Hall–Kier alpha value is -2.67. The molecule has 35 heavy (non-hydrogen) atoms. The normalized spacial score (nSPS) is 13.1. The zero-order valence-electron chi connectivity index (χ0n) is 21.3. The molecule has 0 fully saturated rings. The highest BCUT2D eigenvalue weighted by Crippen LogP contribution is 2.24. The molecule has 7 heteroatoms. The van der Waals surface area contributed by atoms with Crippen LogP contribution in [0.4, 0.5) is 0 Å². The number of carboxylic acids is 1. The first-order chi connectivity index (χ1) is 16.9. The Labute approximate surface area is 212 Å². The minimum Gasteiger partial charge on any atom is -0.480 e. The number of unbranched alkanes of at least 4 members (excludes halogenated alkanes) is 5.